The third kappa shape index (κ3) is 10.6. The van der Waals surface area contributed by atoms with E-state index in [1.165, 1.54) is 0 Å². The lowest BCUT2D eigenvalue weighted by molar-refractivity contribution is 0.0528. The number of hydrogen-bond donors (Lipinski definition) is 3. The maximum absolute atomic E-state index is 11.2. The molecule has 0 saturated carbocycles. The summed E-state index contributed by atoms with van der Waals surface area (Å²) in [6, 6.07) is -0.344. The SMILES string of the molecule is C=C(C)NC(=O)NCCNC(=O)OC(C)(C)C. The summed E-state index contributed by atoms with van der Waals surface area (Å²) >= 11 is 0. The molecular weight excluding hydrogens is 222 g/mol. The topological polar surface area (TPSA) is 79.5 Å². The largest absolute Gasteiger partial charge is 0.444 e. The fraction of sp³-hybridized carbons (Fsp3) is 0.636. The number of amides is 3. The Labute approximate surface area is 102 Å². The minimum atomic E-state index is -0.519. The highest BCUT2D eigenvalue weighted by atomic mass is 16.6. The highest BCUT2D eigenvalue weighted by Gasteiger charge is 2.15. The highest BCUT2D eigenvalue weighted by molar-refractivity contribution is 5.75. The first kappa shape index (κ1) is 15.3. The van der Waals surface area contributed by atoms with Gasteiger partial charge in [0.1, 0.15) is 5.60 Å². The van der Waals surface area contributed by atoms with Gasteiger partial charge in [-0.1, -0.05) is 6.58 Å². The van der Waals surface area contributed by atoms with E-state index in [4.69, 9.17) is 4.74 Å². The van der Waals surface area contributed by atoms with Gasteiger partial charge in [0.2, 0.25) is 0 Å². The predicted octanol–water partition coefficient (Wildman–Crippen LogP) is 1.34. The van der Waals surface area contributed by atoms with Crippen LogP contribution in [0.2, 0.25) is 0 Å². The van der Waals surface area contributed by atoms with E-state index in [9.17, 15) is 9.59 Å². The number of allylic oxidation sites excluding steroid dienone is 1. The van der Waals surface area contributed by atoms with E-state index in [2.05, 4.69) is 22.5 Å². The fourth-order valence-electron chi connectivity index (χ4n) is 0.893. The van der Waals surface area contributed by atoms with Crippen molar-refractivity contribution in [2.24, 2.45) is 0 Å². The van der Waals surface area contributed by atoms with Crippen molar-refractivity contribution in [3.63, 3.8) is 0 Å². The van der Waals surface area contributed by atoms with Crippen LogP contribution in [0.5, 0.6) is 0 Å². The molecule has 3 N–H and O–H groups in total. The summed E-state index contributed by atoms with van der Waals surface area (Å²) in [5.41, 5.74) is 0.0390. The molecule has 3 amide bonds. The Bertz CT molecular complexity index is 295. The third-order valence-corrected chi connectivity index (χ3v) is 1.41. The Hall–Kier alpha value is -1.72. The molecule has 0 bridgehead atoms. The molecule has 0 aliphatic rings. The summed E-state index contributed by atoms with van der Waals surface area (Å²) in [7, 11) is 0. The van der Waals surface area contributed by atoms with Crippen LogP contribution < -0.4 is 16.0 Å². The van der Waals surface area contributed by atoms with Gasteiger partial charge in [0.05, 0.1) is 0 Å². The Morgan fingerprint density at radius 1 is 1.18 bits per heavy atom. The molecule has 17 heavy (non-hydrogen) atoms. The Morgan fingerprint density at radius 3 is 2.18 bits per heavy atom. The molecule has 0 heterocycles. The van der Waals surface area contributed by atoms with Crippen LogP contribution in [0.3, 0.4) is 0 Å². The van der Waals surface area contributed by atoms with Crippen LogP contribution in [0, 0.1) is 0 Å². The van der Waals surface area contributed by atoms with Gasteiger partial charge in [-0.3, -0.25) is 0 Å². The van der Waals surface area contributed by atoms with Crippen molar-refractivity contribution in [2.45, 2.75) is 33.3 Å². The van der Waals surface area contributed by atoms with E-state index in [0.717, 1.165) is 0 Å². The van der Waals surface area contributed by atoms with Crippen LogP contribution in [0.15, 0.2) is 12.3 Å². The molecule has 0 saturated heterocycles. The van der Waals surface area contributed by atoms with Gasteiger partial charge >= 0.3 is 12.1 Å². The number of rotatable bonds is 4. The minimum absolute atomic E-state index is 0.304. The molecule has 0 rings (SSSR count). The molecule has 6 heteroatoms. The molecule has 0 atom stereocenters. The van der Waals surface area contributed by atoms with E-state index >= 15 is 0 Å². The average Bonchev–Trinajstić information content (AvgIpc) is 2.08. The molecule has 0 fully saturated rings. The monoisotopic (exact) mass is 243 g/mol. The molecule has 0 radical (unpaired) electrons. The van der Waals surface area contributed by atoms with Crippen LogP contribution in [-0.4, -0.2) is 30.8 Å². The van der Waals surface area contributed by atoms with Crippen molar-refractivity contribution in [3.05, 3.63) is 12.3 Å². The fourth-order valence-corrected chi connectivity index (χ4v) is 0.893. The number of ether oxygens (including phenoxy) is 1. The lowest BCUT2D eigenvalue weighted by Crippen LogP contribution is -2.40. The smallest absolute Gasteiger partial charge is 0.407 e. The molecule has 0 spiro atoms. The van der Waals surface area contributed by atoms with Gasteiger partial charge in [0, 0.05) is 18.8 Å². The Kier molecular flexibility index (Phi) is 6.09. The average molecular weight is 243 g/mol. The summed E-state index contributed by atoms with van der Waals surface area (Å²) in [5.74, 6) is 0. The molecule has 0 aromatic rings. The molecule has 0 aromatic heterocycles. The van der Waals surface area contributed by atoms with Gasteiger partial charge in [-0.05, 0) is 27.7 Å². The first-order chi connectivity index (χ1) is 7.70. The second-order valence-electron chi connectivity index (χ2n) is 4.59. The van der Waals surface area contributed by atoms with E-state index in [1.54, 1.807) is 27.7 Å². The summed E-state index contributed by atoms with van der Waals surface area (Å²) in [6.45, 7) is 11.2. The quantitative estimate of drug-likeness (QED) is 0.652. The predicted molar refractivity (Wildman–Crippen MR) is 65.6 cm³/mol. The van der Waals surface area contributed by atoms with Crippen LogP contribution in [0.25, 0.3) is 0 Å². The zero-order chi connectivity index (χ0) is 13.5. The summed E-state index contributed by atoms with van der Waals surface area (Å²) < 4.78 is 5.02. The number of carbonyl (C=O) groups excluding carboxylic acids is 2. The number of carbonyl (C=O) groups is 2. The zero-order valence-corrected chi connectivity index (χ0v) is 10.8. The van der Waals surface area contributed by atoms with Gasteiger partial charge < -0.3 is 20.7 Å². The standard InChI is InChI=1S/C11H21N3O3/c1-8(2)14-9(15)12-6-7-13-10(16)17-11(3,4)5/h1,6-7H2,2-5H3,(H,13,16)(H2,12,14,15). The van der Waals surface area contributed by atoms with Crippen LogP contribution in [0.1, 0.15) is 27.7 Å². The van der Waals surface area contributed by atoms with E-state index in [-0.39, 0.29) is 6.03 Å². The second kappa shape index (κ2) is 6.78. The van der Waals surface area contributed by atoms with Crippen LogP contribution in [0.4, 0.5) is 9.59 Å². The Morgan fingerprint density at radius 2 is 1.71 bits per heavy atom. The maximum atomic E-state index is 11.2. The first-order valence-electron chi connectivity index (χ1n) is 5.38. The lowest BCUT2D eigenvalue weighted by Gasteiger charge is -2.19. The summed E-state index contributed by atoms with van der Waals surface area (Å²) in [4.78, 5) is 22.3. The number of hydrogen-bond acceptors (Lipinski definition) is 3. The van der Waals surface area contributed by atoms with Gasteiger partial charge in [0.15, 0.2) is 0 Å². The second-order valence-corrected chi connectivity index (χ2v) is 4.59. The van der Waals surface area contributed by atoms with E-state index < -0.39 is 11.7 Å². The Balaban J connectivity index is 3.61. The van der Waals surface area contributed by atoms with Gasteiger partial charge in [-0.15, -0.1) is 0 Å². The van der Waals surface area contributed by atoms with Crippen molar-refractivity contribution in [1.29, 1.82) is 0 Å². The molecule has 0 unspecified atom stereocenters. The van der Waals surface area contributed by atoms with Crippen molar-refractivity contribution in [2.75, 3.05) is 13.1 Å². The van der Waals surface area contributed by atoms with Crippen molar-refractivity contribution in [1.82, 2.24) is 16.0 Å². The van der Waals surface area contributed by atoms with E-state index in [0.29, 0.717) is 18.8 Å². The van der Waals surface area contributed by atoms with Gasteiger partial charge in [-0.25, -0.2) is 9.59 Å². The third-order valence-electron chi connectivity index (χ3n) is 1.41. The summed E-state index contributed by atoms with van der Waals surface area (Å²) in [6.07, 6.45) is -0.500. The molecule has 0 aliphatic heterocycles. The minimum Gasteiger partial charge on any atom is -0.444 e. The molecule has 6 nitrogen and oxygen atoms in total. The van der Waals surface area contributed by atoms with Crippen LogP contribution >= 0.6 is 0 Å². The molecule has 98 valence electrons. The van der Waals surface area contributed by atoms with Crippen LogP contribution in [-0.2, 0) is 4.74 Å². The highest BCUT2D eigenvalue weighted by Crippen LogP contribution is 2.05. The maximum Gasteiger partial charge on any atom is 0.407 e. The number of urea groups is 1. The molecule has 0 aliphatic carbocycles. The van der Waals surface area contributed by atoms with Gasteiger partial charge in [0.25, 0.3) is 0 Å². The molecular formula is C11H21N3O3. The zero-order valence-electron chi connectivity index (χ0n) is 10.8. The number of nitrogens with one attached hydrogen (secondary N) is 3. The van der Waals surface area contributed by atoms with Gasteiger partial charge in [-0.2, -0.15) is 0 Å². The van der Waals surface area contributed by atoms with Crippen molar-refractivity contribution >= 4 is 12.1 Å². The molecule has 0 aromatic carbocycles. The lowest BCUT2D eigenvalue weighted by atomic mass is 10.2. The van der Waals surface area contributed by atoms with E-state index in [1.807, 2.05) is 0 Å². The van der Waals surface area contributed by atoms with Crippen molar-refractivity contribution < 1.29 is 14.3 Å². The number of alkyl carbamates (subject to hydrolysis) is 1. The normalized spacial score (nSPS) is 10.4. The first-order valence-corrected chi connectivity index (χ1v) is 5.38. The van der Waals surface area contributed by atoms with Crippen molar-refractivity contribution in [3.8, 4) is 0 Å². The summed E-state index contributed by atoms with van der Waals surface area (Å²) in [5, 5.41) is 7.55.